The van der Waals surface area contributed by atoms with E-state index in [1.807, 2.05) is 0 Å². The average Bonchev–Trinajstić information content (AvgIpc) is 3.50. The number of halogens is 2. The molecule has 0 N–H and O–H groups in total. The molecule has 4 unspecified atom stereocenters. The Morgan fingerprint density at radius 1 is 0.588 bits per heavy atom. The molecule has 0 amide bonds. The number of hydrogen-bond donors (Lipinski definition) is 0. The molecule has 4 aliphatic carbocycles. The van der Waals surface area contributed by atoms with Gasteiger partial charge in [-0.3, -0.25) is 0 Å². The van der Waals surface area contributed by atoms with Crippen LogP contribution in [0.25, 0.3) is 0 Å². The third-order valence-electron chi connectivity index (χ3n) is 9.55. The summed E-state index contributed by atoms with van der Waals surface area (Å²) in [5, 5.41) is 0. The van der Waals surface area contributed by atoms with Crippen LogP contribution in [-0.2, 0) is 14.0 Å². The van der Waals surface area contributed by atoms with Crippen molar-refractivity contribution in [2.75, 3.05) is 0 Å². The Balaban J connectivity index is 0.00000137. The number of benzene rings is 2. The van der Waals surface area contributed by atoms with Crippen LogP contribution >= 0.6 is 24.8 Å². The van der Waals surface area contributed by atoms with Crippen LogP contribution in [0.3, 0.4) is 0 Å². The summed E-state index contributed by atoms with van der Waals surface area (Å²) in [6.07, 6.45) is 22.6. The Kier molecular flexibility index (Phi) is 7.73. The zero-order valence-electron chi connectivity index (χ0n) is 19.8. The molecule has 0 heterocycles. The van der Waals surface area contributed by atoms with Gasteiger partial charge in [-0.05, 0) is 0 Å². The van der Waals surface area contributed by atoms with Gasteiger partial charge in [-0.2, -0.15) is 0 Å². The van der Waals surface area contributed by atoms with Crippen molar-refractivity contribution in [1.82, 2.24) is 0 Å². The van der Waals surface area contributed by atoms with E-state index in [9.17, 15) is 0 Å². The molecule has 6 rings (SSSR count). The molecule has 0 aromatic heterocycles. The standard InChI is InChI=1S/2C9H11.2C6H5.2ClH.H2Si.Ti/c2*1-2-5-9-7-3-6-8(9)4-1;2*1-2-4-6-5-3-1;;;;/h2*1-2,4,6,9H,3,5,7H2;2*1-5H;2*1H;1H2;. The number of allylic oxidation sites excluding steroid dienone is 8. The molecular formula is C30H36Cl2SiTi. The molecule has 2 aromatic rings. The molecule has 4 heteroatoms. The van der Waals surface area contributed by atoms with Crippen LogP contribution in [0, 0.1) is 11.8 Å². The van der Waals surface area contributed by atoms with Gasteiger partial charge >= 0.3 is 196 Å². The van der Waals surface area contributed by atoms with Crippen LogP contribution < -0.4 is 7.74 Å². The van der Waals surface area contributed by atoms with E-state index in [0.29, 0.717) is 0 Å². The fraction of sp³-hybridized carbons (Fsp3) is 0.333. The molecule has 34 heavy (non-hydrogen) atoms. The molecule has 4 atom stereocenters. The molecule has 0 saturated heterocycles. The molecule has 0 nitrogen and oxygen atoms in total. The quantitative estimate of drug-likeness (QED) is 0.369. The summed E-state index contributed by atoms with van der Waals surface area (Å²) in [6, 6.07) is 23.8. The number of hydrogen-bond acceptors (Lipinski definition) is 0. The van der Waals surface area contributed by atoms with Gasteiger partial charge in [-0.25, -0.2) is 0 Å². The van der Waals surface area contributed by atoms with E-state index in [-0.39, 0.29) is 24.8 Å². The molecule has 2 aromatic carbocycles. The molecule has 4 aliphatic rings. The Hall–Kier alpha value is -1.09. The van der Waals surface area contributed by atoms with Crippen LogP contribution in [0.4, 0.5) is 0 Å². The molecule has 0 radical (unpaired) electrons. The van der Waals surface area contributed by atoms with Gasteiger partial charge in [-0.1, -0.05) is 0 Å². The van der Waals surface area contributed by atoms with Crippen LogP contribution in [0.2, 0.25) is 8.45 Å². The molecule has 178 valence electrons. The number of fused-ring (bicyclic) bond motifs is 2. The maximum absolute atomic E-state index is 3.60. The van der Waals surface area contributed by atoms with Gasteiger partial charge < -0.3 is 0 Å². The molecular weight excluding hydrogens is 507 g/mol. The van der Waals surface area contributed by atoms with Crippen molar-refractivity contribution in [3.05, 3.63) is 108 Å². The first-order valence-corrected chi connectivity index (χ1v) is 20.0. The Bertz CT molecular complexity index is 1110. The molecule has 2 fully saturated rings. The predicted octanol–water partition coefficient (Wildman–Crippen LogP) is 6.89. The third-order valence-corrected chi connectivity index (χ3v) is 29.2. The average molecular weight is 543 g/mol. The van der Waals surface area contributed by atoms with Crippen molar-refractivity contribution < 1.29 is 14.0 Å². The summed E-state index contributed by atoms with van der Waals surface area (Å²) >= 11 is -3.60. The van der Waals surface area contributed by atoms with E-state index in [1.165, 1.54) is 38.5 Å². The summed E-state index contributed by atoms with van der Waals surface area (Å²) in [5.41, 5.74) is 3.59. The second-order valence-corrected chi connectivity index (χ2v) is 26.0. The summed E-state index contributed by atoms with van der Waals surface area (Å²) in [5.74, 6) is 1.53. The van der Waals surface area contributed by atoms with E-state index < -0.39 is 14.0 Å². The maximum atomic E-state index is 2.54. The van der Waals surface area contributed by atoms with E-state index in [4.69, 9.17) is 0 Å². The summed E-state index contributed by atoms with van der Waals surface area (Å²) < 4.78 is 4.86. The fourth-order valence-electron chi connectivity index (χ4n) is 8.13. The van der Waals surface area contributed by atoms with Gasteiger partial charge in [0, 0.05) is 0 Å². The topological polar surface area (TPSA) is 0 Å². The predicted molar refractivity (Wildman–Crippen MR) is 152 cm³/mol. The summed E-state index contributed by atoms with van der Waals surface area (Å²) in [6.45, 7) is 0. The van der Waals surface area contributed by atoms with Gasteiger partial charge in [0.05, 0.1) is 0 Å². The van der Waals surface area contributed by atoms with E-state index >= 15 is 0 Å². The Labute approximate surface area is 220 Å². The van der Waals surface area contributed by atoms with Gasteiger partial charge in [0.1, 0.15) is 0 Å². The van der Waals surface area contributed by atoms with Crippen molar-refractivity contribution in [1.29, 1.82) is 0 Å². The first kappa shape index (κ1) is 26.0. The second kappa shape index (κ2) is 10.1. The van der Waals surface area contributed by atoms with Crippen molar-refractivity contribution in [2.24, 2.45) is 11.8 Å². The van der Waals surface area contributed by atoms with Crippen LogP contribution in [0.5, 0.6) is 0 Å². The zero-order valence-corrected chi connectivity index (χ0v) is 24.4. The van der Waals surface area contributed by atoms with E-state index in [0.717, 1.165) is 20.3 Å². The van der Waals surface area contributed by atoms with Crippen molar-refractivity contribution in [3.63, 3.8) is 0 Å². The third kappa shape index (κ3) is 3.66. The molecule has 0 aliphatic heterocycles. The molecule has 0 spiro atoms. The van der Waals surface area contributed by atoms with Gasteiger partial charge in [0.2, 0.25) is 0 Å². The minimum atomic E-state index is -3.60. The second-order valence-electron chi connectivity index (χ2n) is 10.7. The van der Waals surface area contributed by atoms with E-state index in [1.54, 1.807) is 18.9 Å². The minimum absolute atomic E-state index is 0. The zero-order chi connectivity index (χ0) is 21.6. The SMILES string of the molecule is Cl.Cl.[SiH2]=[Ti]([c]1ccccc1)([c]1ccccc1)([CH]1CCC2CC=CC=C21)[CH]1CCC2CC=CC=C21. The van der Waals surface area contributed by atoms with Crippen LogP contribution in [0.1, 0.15) is 38.5 Å². The Morgan fingerprint density at radius 2 is 1.00 bits per heavy atom. The molecule has 0 bridgehead atoms. The van der Waals surface area contributed by atoms with Crippen LogP contribution in [0.15, 0.2) is 108 Å². The first-order chi connectivity index (χ1) is 15.7. The van der Waals surface area contributed by atoms with Crippen molar-refractivity contribution >= 4 is 40.2 Å². The summed E-state index contributed by atoms with van der Waals surface area (Å²) in [7, 11) is 2.54. The van der Waals surface area contributed by atoms with Gasteiger partial charge in [0.15, 0.2) is 0 Å². The Morgan fingerprint density at radius 3 is 1.41 bits per heavy atom. The summed E-state index contributed by atoms with van der Waals surface area (Å²) in [4.78, 5) is 0. The van der Waals surface area contributed by atoms with Crippen molar-refractivity contribution in [3.8, 4) is 0 Å². The van der Waals surface area contributed by atoms with Crippen molar-refractivity contribution in [2.45, 2.75) is 47.0 Å². The van der Waals surface area contributed by atoms with Crippen LogP contribution in [-0.4, -0.2) is 7.63 Å². The molecule has 2 saturated carbocycles. The van der Waals surface area contributed by atoms with Gasteiger partial charge in [0.25, 0.3) is 0 Å². The normalized spacial score (nSPS) is 27.6. The first-order valence-electron chi connectivity index (χ1n) is 12.6. The fourth-order valence-corrected chi connectivity index (χ4v) is 26.5. The number of rotatable bonds is 4. The van der Waals surface area contributed by atoms with E-state index in [2.05, 4.69) is 105 Å². The monoisotopic (exact) mass is 542 g/mol. The van der Waals surface area contributed by atoms with Gasteiger partial charge in [-0.15, -0.1) is 24.8 Å².